The molecule has 234 valence electrons. The second-order valence-corrected chi connectivity index (χ2v) is 13.0. The van der Waals surface area contributed by atoms with Crippen molar-refractivity contribution in [1.82, 2.24) is 4.90 Å². The Hall–Kier alpha value is -3.92. The van der Waals surface area contributed by atoms with Crippen molar-refractivity contribution in [2.24, 2.45) is 17.6 Å². The summed E-state index contributed by atoms with van der Waals surface area (Å²) in [6.45, 7) is 5.71. The molecule has 13 nitrogen and oxygen atoms in total. The van der Waals surface area contributed by atoms with Crippen LogP contribution in [0.1, 0.15) is 21.5 Å². The van der Waals surface area contributed by atoms with Crippen molar-refractivity contribution in [3.05, 3.63) is 77.1 Å². The van der Waals surface area contributed by atoms with E-state index in [0.29, 0.717) is 0 Å². The number of aryl methyl sites for hydroxylation is 1. The van der Waals surface area contributed by atoms with E-state index in [-0.39, 0.29) is 21.6 Å². The lowest BCUT2D eigenvalue weighted by Crippen LogP contribution is -2.77. The first-order valence-electron chi connectivity index (χ1n) is 12.9. The van der Waals surface area contributed by atoms with Crippen molar-refractivity contribution < 1.29 is 52.6 Å². The Bertz CT molecular complexity index is 1770. The zero-order chi connectivity index (χ0) is 33.3. The number of alkyl halides is 1. The number of nitrogens with two attached hydrogens (primary N) is 1. The molecule has 1 fully saturated rings. The Morgan fingerprint density at radius 1 is 1.07 bits per heavy atom. The molecule has 0 aliphatic heterocycles. The van der Waals surface area contributed by atoms with Crippen molar-refractivity contribution in [2.45, 2.75) is 34.4 Å². The summed E-state index contributed by atoms with van der Waals surface area (Å²) in [6.07, 6.45) is -1.86. The monoisotopic (exact) mass is 648 g/mol. The van der Waals surface area contributed by atoms with Crippen LogP contribution in [0.25, 0.3) is 5.57 Å². The van der Waals surface area contributed by atoms with Gasteiger partial charge in [0.25, 0.3) is 16.0 Å². The summed E-state index contributed by atoms with van der Waals surface area (Å²) >= 11 is 6.59. The van der Waals surface area contributed by atoms with Gasteiger partial charge in [-0.05, 0) is 50.4 Å². The average Bonchev–Trinajstić information content (AvgIpc) is 2.92. The van der Waals surface area contributed by atoms with Gasteiger partial charge in [0.2, 0.25) is 5.78 Å². The molecule has 3 aliphatic carbocycles. The molecular weight excluding hydrogens is 620 g/mol. The number of aromatic hydroxyl groups is 1. The lowest BCUT2D eigenvalue weighted by molar-refractivity contribution is -0.176. The molecule has 0 unspecified atom stereocenters. The molecule has 5 rings (SSSR count). The summed E-state index contributed by atoms with van der Waals surface area (Å²) in [5, 5.41) is 44.0. The molecule has 2 aromatic rings. The van der Waals surface area contributed by atoms with E-state index in [9.17, 15) is 48.0 Å². The fourth-order valence-electron chi connectivity index (χ4n) is 6.15. The molecule has 0 bridgehead atoms. The number of benzene rings is 2. The van der Waals surface area contributed by atoms with Crippen LogP contribution in [0, 0.1) is 18.8 Å². The second-order valence-electron chi connectivity index (χ2n) is 11.0. The molecule has 1 saturated carbocycles. The molecule has 7 N–H and O–H groups in total. The number of phenols is 1. The molecular formula is C29H29ClN2O11S. The molecule has 1 amide bonds. The van der Waals surface area contributed by atoms with Crippen molar-refractivity contribution in [3.8, 4) is 5.75 Å². The molecule has 15 heteroatoms. The summed E-state index contributed by atoms with van der Waals surface area (Å²) in [7, 11) is -1.22. The molecule has 0 spiro atoms. The molecule has 44 heavy (non-hydrogen) atoms. The SMILES string of the molecule is C=C1c2cccc(O)c2C(=O)[C@@]2(Cl)C(=O)[C@@]3(O)C(O)=C(C(N)=O)C(=O)[C@H](N(C)C)[C@H]3[C@H](O)[C@@H]12.Cc1ccc(S(=O)(=O)O)cc1. The number of ketones is 3. The second kappa shape index (κ2) is 10.9. The number of hydrogen-bond acceptors (Lipinski definition) is 11. The third-order valence-electron chi connectivity index (χ3n) is 8.19. The van der Waals surface area contributed by atoms with Gasteiger partial charge >= 0.3 is 0 Å². The minimum absolute atomic E-state index is 0.0209. The highest BCUT2D eigenvalue weighted by Gasteiger charge is 2.75. The van der Waals surface area contributed by atoms with Crippen LogP contribution < -0.4 is 5.73 Å². The van der Waals surface area contributed by atoms with Crippen LogP contribution in [0.5, 0.6) is 5.75 Å². The molecule has 3 aliphatic rings. The molecule has 0 heterocycles. The molecule has 2 aromatic carbocycles. The predicted octanol–water partition coefficient (Wildman–Crippen LogP) is 0.538. The highest BCUT2D eigenvalue weighted by Crippen LogP contribution is 2.58. The number of amides is 1. The summed E-state index contributed by atoms with van der Waals surface area (Å²) in [5.74, 6) is -10.1. The number of aliphatic hydroxyl groups excluding tert-OH is 2. The number of likely N-dealkylation sites (N-methyl/N-ethyl adjacent to an activating group) is 1. The largest absolute Gasteiger partial charge is 0.508 e. The van der Waals surface area contributed by atoms with Gasteiger partial charge in [-0.1, -0.05) is 36.4 Å². The van der Waals surface area contributed by atoms with Crippen molar-refractivity contribution in [3.63, 3.8) is 0 Å². The number of carbonyl (C=O) groups excluding carboxylic acids is 4. The lowest BCUT2D eigenvalue weighted by Gasteiger charge is -2.56. The number of aliphatic hydroxyl groups is 3. The van der Waals surface area contributed by atoms with E-state index in [0.717, 1.165) is 5.56 Å². The van der Waals surface area contributed by atoms with Crippen LogP contribution in [0.15, 0.2) is 65.3 Å². The first kappa shape index (κ1) is 33.0. The summed E-state index contributed by atoms with van der Waals surface area (Å²) < 4.78 is 29.6. The van der Waals surface area contributed by atoms with Gasteiger partial charge in [0, 0.05) is 5.92 Å². The minimum atomic E-state index is -4.02. The average molecular weight is 649 g/mol. The van der Waals surface area contributed by atoms with Gasteiger partial charge in [-0.3, -0.25) is 28.6 Å². The van der Waals surface area contributed by atoms with E-state index < -0.39 is 84.9 Å². The molecule has 0 radical (unpaired) electrons. The van der Waals surface area contributed by atoms with Crippen molar-refractivity contribution in [2.75, 3.05) is 14.1 Å². The van der Waals surface area contributed by atoms with Gasteiger partial charge in [0.05, 0.1) is 28.5 Å². The fourth-order valence-corrected chi connectivity index (χ4v) is 7.13. The molecule has 0 aromatic heterocycles. The Morgan fingerprint density at radius 2 is 1.64 bits per heavy atom. The van der Waals surface area contributed by atoms with E-state index in [1.807, 2.05) is 6.92 Å². The lowest BCUT2D eigenvalue weighted by atomic mass is 9.52. The number of primary amides is 1. The van der Waals surface area contributed by atoms with Gasteiger partial charge in [-0.2, -0.15) is 8.42 Å². The first-order chi connectivity index (χ1) is 20.2. The molecule has 0 saturated heterocycles. The van der Waals surface area contributed by atoms with Crippen LogP contribution in [0.2, 0.25) is 0 Å². The number of phenolic OH excluding ortho intramolecular Hbond substituents is 1. The van der Waals surface area contributed by atoms with Gasteiger partial charge < -0.3 is 26.2 Å². The highest BCUT2D eigenvalue weighted by molar-refractivity contribution is 7.85. The van der Waals surface area contributed by atoms with E-state index in [2.05, 4.69) is 6.58 Å². The van der Waals surface area contributed by atoms with Gasteiger partial charge in [-0.25, -0.2) is 0 Å². The van der Waals surface area contributed by atoms with Gasteiger partial charge in [0.1, 0.15) is 17.1 Å². The fraction of sp³-hybridized carbons (Fsp3) is 0.310. The maximum atomic E-state index is 13.8. The van der Waals surface area contributed by atoms with Crippen LogP contribution in [-0.4, -0.2) is 98.3 Å². The number of fused-ring (bicyclic) bond motifs is 3. The Balaban J connectivity index is 0.000000339. The summed E-state index contributed by atoms with van der Waals surface area (Å²) in [4.78, 5) is 50.8. The number of rotatable bonds is 3. The Kier molecular flexibility index (Phi) is 8.18. The normalized spacial score (nSPS) is 29.8. The highest BCUT2D eigenvalue weighted by atomic mass is 35.5. The van der Waals surface area contributed by atoms with Crippen LogP contribution in [0.3, 0.4) is 0 Å². The maximum absolute atomic E-state index is 13.8. The summed E-state index contributed by atoms with van der Waals surface area (Å²) in [6, 6.07) is 8.57. The number of Topliss-reactive ketones (excluding diaryl/α,β-unsaturated/α-hetero) is 3. The summed E-state index contributed by atoms with van der Waals surface area (Å²) in [5.41, 5.74) is 1.88. The number of carbonyl (C=O) groups is 4. The van der Waals surface area contributed by atoms with E-state index >= 15 is 0 Å². The minimum Gasteiger partial charge on any atom is -0.508 e. The van der Waals surface area contributed by atoms with Crippen molar-refractivity contribution in [1.29, 1.82) is 0 Å². The van der Waals surface area contributed by atoms with Gasteiger partial charge in [0.15, 0.2) is 22.0 Å². The number of halogens is 1. The standard InChI is InChI=1S/C22H21ClN2O8.C7H8O3S/c1-7-8-5-4-6-9(26)10(8)17(29)21(23)12(7)16(28)13-14(25(2)3)15(27)11(19(24)31)18(30)22(13,33)20(21)32;1-6-2-4-7(5-3-6)11(8,9)10/h4-6,12-14,16,26,28,30,33H,1H2,2-3H3,(H2,24,31);2-5H,1H3,(H,8,9,10)/t12-,13+,14-,16-,21-,22+;/m1./s1. The maximum Gasteiger partial charge on any atom is 0.294 e. The van der Waals surface area contributed by atoms with E-state index in [1.165, 1.54) is 49.3 Å². The van der Waals surface area contributed by atoms with Crippen LogP contribution in [-0.2, 0) is 24.5 Å². The smallest absolute Gasteiger partial charge is 0.294 e. The van der Waals surface area contributed by atoms with E-state index in [4.69, 9.17) is 21.9 Å². The van der Waals surface area contributed by atoms with Crippen molar-refractivity contribution >= 4 is 50.5 Å². The molecule has 6 atom stereocenters. The number of hydrogen-bond donors (Lipinski definition) is 6. The quantitative estimate of drug-likeness (QED) is 0.116. The number of nitrogens with zero attached hydrogens (tertiary/aromatic N) is 1. The first-order valence-corrected chi connectivity index (χ1v) is 14.7. The Morgan fingerprint density at radius 3 is 2.14 bits per heavy atom. The topological polar surface area (TPSA) is 233 Å². The van der Waals surface area contributed by atoms with Gasteiger partial charge in [-0.15, -0.1) is 11.6 Å². The predicted molar refractivity (Wildman–Crippen MR) is 155 cm³/mol. The third kappa shape index (κ3) is 4.65. The third-order valence-corrected chi connectivity index (χ3v) is 9.64. The van der Waals surface area contributed by atoms with Crippen LogP contribution >= 0.6 is 11.6 Å². The van der Waals surface area contributed by atoms with E-state index in [1.54, 1.807) is 12.1 Å². The Labute approximate surface area is 256 Å². The van der Waals surface area contributed by atoms with Crippen LogP contribution in [0.4, 0.5) is 0 Å². The zero-order valence-corrected chi connectivity index (χ0v) is 25.1. The zero-order valence-electron chi connectivity index (χ0n) is 23.6.